The van der Waals surface area contributed by atoms with Crippen LogP contribution in [0.4, 0.5) is 0 Å². The second-order valence-electron chi connectivity index (χ2n) is 7.41. The van der Waals surface area contributed by atoms with Crippen LogP contribution in [0.15, 0.2) is 24.3 Å². The second-order valence-corrected chi connectivity index (χ2v) is 7.41. The lowest BCUT2D eigenvalue weighted by Crippen LogP contribution is -2.32. The van der Waals surface area contributed by atoms with Gasteiger partial charge in [0.25, 0.3) is 0 Å². The molecule has 20 heavy (non-hydrogen) atoms. The van der Waals surface area contributed by atoms with E-state index >= 15 is 0 Å². The van der Waals surface area contributed by atoms with Gasteiger partial charge in [-0.2, -0.15) is 0 Å². The van der Waals surface area contributed by atoms with Crippen LogP contribution in [0, 0.1) is 17.8 Å². The summed E-state index contributed by atoms with van der Waals surface area (Å²) < 4.78 is 0. The number of hydrogen-bond donors (Lipinski definition) is 1. The van der Waals surface area contributed by atoms with Crippen molar-refractivity contribution in [2.45, 2.75) is 57.4 Å². The lowest BCUT2D eigenvalue weighted by Gasteiger charge is -2.31. The molecule has 4 rings (SSSR count). The van der Waals surface area contributed by atoms with E-state index in [2.05, 4.69) is 36.5 Å². The zero-order valence-electron chi connectivity index (χ0n) is 12.6. The molecule has 108 valence electrons. The smallest absolute Gasteiger partial charge is 0.0323 e. The van der Waals surface area contributed by atoms with Crippen LogP contribution in [-0.4, -0.2) is 6.54 Å². The molecule has 0 aliphatic heterocycles. The summed E-state index contributed by atoms with van der Waals surface area (Å²) in [7, 11) is 0. The van der Waals surface area contributed by atoms with Crippen molar-refractivity contribution in [3.63, 3.8) is 0 Å². The predicted octanol–water partition coefficient (Wildman–Crippen LogP) is 4.65. The van der Waals surface area contributed by atoms with Crippen molar-refractivity contribution >= 4 is 0 Å². The van der Waals surface area contributed by atoms with Gasteiger partial charge in [0.05, 0.1) is 0 Å². The Labute approximate surface area is 123 Å². The SMILES string of the molecule is CC1CCC(NCC(C2CC2)C2CC2)c2ccccc21. The van der Waals surface area contributed by atoms with E-state index in [0.29, 0.717) is 6.04 Å². The molecular weight excluding hydrogens is 242 g/mol. The van der Waals surface area contributed by atoms with Crippen molar-refractivity contribution in [3.8, 4) is 0 Å². The van der Waals surface area contributed by atoms with Gasteiger partial charge in [0.2, 0.25) is 0 Å². The third-order valence-corrected chi connectivity index (χ3v) is 5.85. The van der Waals surface area contributed by atoms with Crippen LogP contribution in [0.5, 0.6) is 0 Å². The van der Waals surface area contributed by atoms with Crippen LogP contribution < -0.4 is 5.32 Å². The molecule has 3 aliphatic rings. The van der Waals surface area contributed by atoms with Gasteiger partial charge in [-0.05, 0) is 79.9 Å². The number of rotatable bonds is 5. The van der Waals surface area contributed by atoms with Crippen molar-refractivity contribution in [2.75, 3.05) is 6.54 Å². The van der Waals surface area contributed by atoms with E-state index < -0.39 is 0 Å². The second kappa shape index (κ2) is 5.18. The molecule has 0 radical (unpaired) electrons. The lowest BCUT2D eigenvalue weighted by molar-refractivity contribution is 0.336. The van der Waals surface area contributed by atoms with Crippen LogP contribution in [0.2, 0.25) is 0 Å². The summed E-state index contributed by atoms with van der Waals surface area (Å²) in [4.78, 5) is 0. The molecule has 1 aromatic rings. The van der Waals surface area contributed by atoms with E-state index in [-0.39, 0.29) is 0 Å². The van der Waals surface area contributed by atoms with Crippen molar-refractivity contribution in [3.05, 3.63) is 35.4 Å². The third-order valence-electron chi connectivity index (χ3n) is 5.85. The number of benzene rings is 1. The first-order valence-electron chi connectivity index (χ1n) is 8.65. The summed E-state index contributed by atoms with van der Waals surface area (Å²) in [5, 5.41) is 3.94. The minimum Gasteiger partial charge on any atom is -0.310 e. The summed E-state index contributed by atoms with van der Waals surface area (Å²) in [6.45, 7) is 3.65. The summed E-state index contributed by atoms with van der Waals surface area (Å²) in [6, 6.07) is 9.72. The first-order chi connectivity index (χ1) is 9.83. The highest BCUT2D eigenvalue weighted by atomic mass is 14.9. The van der Waals surface area contributed by atoms with Crippen LogP contribution in [0.25, 0.3) is 0 Å². The van der Waals surface area contributed by atoms with Crippen molar-refractivity contribution in [2.24, 2.45) is 17.8 Å². The van der Waals surface area contributed by atoms with Crippen molar-refractivity contribution in [1.82, 2.24) is 5.32 Å². The van der Waals surface area contributed by atoms with Gasteiger partial charge < -0.3 is 5.32 Å². The maximum Gasteiger partial charge on any atom is 0.0323 e. The van der Waals surface area contributed by atoms with Crippen molar-refractivity contribution < 1.29 is 0 Å². The molecule has 2 unspecified atom stereocenters. The lowest BCUT2D eigenvalue weighted by atomic mass is 9.81. The monoisotopic (exact) mass is 269 g/mol. The zero-order valence-corrected chi connectivity index (χ0v) is 12.6. The minimum absolute atomic E-state index is 0.613. The van der Waals surface area contributed by atoms with Gasteiger partial charge in [-0.25, -0.2) is 0 Å². The van der Waals surface area contributed by atoms with E-state index in [4.69, 9.17) is 0 Å². The molecule has 0 amide bonds. The van der Waals surface area contributed by atoms with Crippen LogP contribution in [0.1, 0.15) is 68.5 Å². The maximum absolute atomic E-state index is 3.94. The van der Waals surface area contributed by atoms with Gasteiger partial charge >= 0.3 is 0 Å². The number of fused-ring (bicyclic) bond motifs is 1. The predicted molar refractivity (Wildman–Crippen MR) is 83.8 cm³/mol. The Hall–Kier alpha value is -0.820. The molecule has 0 spiro atoms. The highest BCUT2D eigenvalue weighted by Gasteiger charge is 2.41. The highest BCUT2D eigenvalue weighted by molar-refractivity contribution is 5.34. The van der Waals surface area contributed by atoms with Gasteiger partial charge in [-0.3, -0.25) is 0 Å². The fourth-order valence-corrected chi connectivity index (χ4v) is 4.26. The minimum atomic E-state index is 0.613. The fraction of sp³-hybridized carbons (Fsp3) is 0.684. The molecule has 1 N–H and O–H groups in total. The molecule has 0 bridgehead atoms. The molecule has 1 nitrogen and oxygen atoms in total. The van der Waals surface area contributed by atoms with Crippen LogP contribution >= 0.6 is 0 Å². The number of nitrogens with one attached hydrogen (secondary N) is 1. The summed E-state index contributed by atoms with van der Waals surface area (Å²) in [5.41, 5.74) is 3.17. The molecule has 2 atom stereocenters. The van der Waals surface area contributed by atoms with Crippen molar-refractivity contribution in [1.29, 1.82) is 0 Å². The molecular formula is C19H27N. The summed E-state index contributed by atoms with van der Waals surface area (Å²) >= 11 is 0. The molecule has 0 aromatic heterocycles. The fourth-order valence-electron chi connectivity index (χ4n) is 4.26. The van der Waals surface area contributed by atoms with Gasteiger partial charge in [0, 0.05) is 6.04 Å². The Morgan fingerprint density at radius 3 is 2.25 bits per heavy atom. The topological polar surface area (TPSA) is 12.0 Å². The standard InChI is InChI=1S/C19H27N/c1-13-6-11-19(17-5-3-2-4-16(13)17)20-12-18(14-7-8-14)15-9-10-15/h2-5,13-15,18-20H,6-12H2,1H3. The first kappa shape index (κ1) is 12.9. The quantitative estimate of drug-likeness (QED) is 0.820. The third kappa shape index (κ3) is 2.53. The highest BCUT2D eigenvalue weighted by Crippen LogP contribution is 2.49. The van der Waals surface area contributed by atoms with Gasteiger partial charge in [-0.15, -0.1) is 0 Å². The Morgan fingerprint density at radius 1 is 0.950 bits per heavy atom. The molecule has 2 saturated carbocycles. The average molecular weight is 269 g/mol. The van der Waals surface area contributed by atoms with Crippen LogP contribution in [0.3, 0.4) is 0 Å². The van der Waals surface area contributed by atoms with E-state index in [9.17, 15) is 0 Å². The molecule has 0 saturated heterocycles. The molecule has 1 heteroatoms. The normalized spacial score (nSPS) is 29.5. The van der Waals surface area contributed by atoms with Gasteiger partial charge in [0.15, 0.2) is 0 Å². The molecule has 3 aliphatic carbocycles. The summed E-state index contributed by atoms with van der Waals surface area (Å²) in [6.07, 6.45) is 8.66. The Bertz CT molecular complexity index is 460. The van der Waals surface area contributed by atoms with E-state index in [1.807, 2.05) is 0 Å². The molecule has 0 heterocycles. The summed E-state index contributed by atoms with van der Waals surface area (Å²) in [5.74, 6) is 3.86. The molecule has 1 aromatic carbocycles. The van der Waals surface area contributed by atoms with Gasteiger partial charge in [-0.1, -0.05) is 31.2 Å². The molecule has 2 fully saturated rings. The van der Waals surface area contributed by atoms with E-state index in [1.54, 1.807) is 11.1 Å². The zero-order chi connectivity index (χ0) is 13.5. The first-order valence-corrected chi connectivity index (χ1v) is 8.65. The van der Waals surface area contributed by atoms with E-state index in [0.717, 1.165) is 23.7 Å². The Balaban J connectivity index is 1.45. The van der Waals surface area contributed by atoms with Crippen LogP contribution in [-0.2, 0) is 0 Å². The largest absolute Gasteiger partial charge is 0.310 e. The van der Waals surface area contributed by atoms with Gasteiger partial charge in [0.1, 0.15) is 0 Å². The average Bonchev–Trinajstić information content (AvgIpc) is 3.36. The van der Waals surface area contributed by atoms with E-state index in [1.165, 1.54) is 45.1 Å². The Morgan fingerprint density at radius 2 is 1.60 bits per heavy atom. The number of hydrogen-bond acceptors (Lipinski definition) is 1. The Kier molecular flexibility index (Phi) is 3.34. The maximum atomic E-state index is 3.94.